The number of nitrogens with zero attached hydrogens (tertiary/aromatic N) is 2. The predicted molar refractivity (Wildman–Crippen MR) is 128 cm³/mol. The zero-order valence-electron chi connectivity index (χ0n) is 19.3. The van der Waals surface area contributed by atoms with Crippen LogP contribution in [-0.2, 0) is 4.74 Å². The number of aliphatic imine (C=N–C) groups is 1. The van der Waals surface area contributed by atoms with Crippen LogP contribution in [0, 0.1) is 12.8 Å². The smallest absolute Gasteiger partial charge is 0.191 e. The summed E-state index contributed by atoms with van der Waals surface area (Å²) in [5.74, 6) is 2.09. The molecule has 170 valence electrons. The summed E-state index contributed by atoms with van der Waals surface area (Å²) < 4.78 is 5.36. The number of benzene rings is 1. The molecule has 3 aliphatic rings. The van der Waals surface area contributed by atoms with Gasteiger partial charge in [-0.2, -0.15) is 0 Å². The third kappa shape index (κ3) is 5.60. The number of likely N-dealkylation sites (tertiary alicyclic amines) is 1. The molecular formula is C25H39N5O. The van der Waals surface area contributed by atoms with Crippen LogP contribution in [0.4, 0.5) is 5.69 Å². The lowest BCUT2D eigenvalue weighted by Gasteiger charge is -2.45. The van der Waals surface area contributed by atoms with Gasteiger partial charge < -0.3 is 20.3 Å². The molecule has 1 aromatic rings. The van der Waals surface area contributed by atoms with E-state index in [-0.39, 0.29) is 0 Å². The van der Waals surface area contributed by atoms with E-state index in [1.54, 1.807) is 7.11 Å². The normalized spacial score (nSPS) is 24.9. The Labute approximate surface area is 187 Å². The van der Waals surface area contributed by atoms with Crippen molar-refractivity contribution in [3.63, 3.8) is 0 Å². The van der Waals surface area contributed by atoms with Gasteiger partial charge in [0.2, 0.25) is 0 Å². The van der Waals surface area contributed by atoms with Crippen LogP contribution in [0.1, 0.15) is 56.9 Å². The first-order valence-corrected chi connectivity index (χ1v) is 12.1. The van der Waals surface area contributed by atoms with Gasteiger partial charge in [-0.15, -0.1) is 0 Å². The number of piperidine rings is 1. The maximum Gasteiger partial charge on any atom is 0.191 e. The molecule has 0 amide bonds. The van der Waals surface area contributed by atoms with E-state index in [1.807, 2.05) is 0 Å². The van der Waals surface area contributed by atoms with Gasteiger partial charge in [0.15, 0.2) is 5.79 Å². The predicted octanol–water partition coefficient (Wildman–Crippen LogP) is 4.21. The van der Waals surface area contributed by atoms with Crippen molar-refractivity contribution < 1.29 is 4.74 Å². The van der Waals surface area contributed by atoms with Gasteiger partial charge in [0.25, 0.3) is 0 Å². The molecule has 1 unspecified atom stereocenters. The highest BCUT2D eigenvalue weighted by Gasteiger charge is 2.42. The lowest BCUT2D eigenvalue weighted by atomic mass is 9.83. The maximum atomic E-state index is 5.39. The first kappa shape index (κ1) is 22.2. The minimum atomic E-state index is -0.493. The zero-order valence-corrected chi connectivity index (χ0v) is 19.3. The molecule has 0 radical (unpaired) electrons. The third-order valence-corrected chi connectivity index (χ3v) is 6.80. The fourth-order valence-electron chi connectivity index (χ4n) is 5.04. The van der Waals surface area contributed by atoms with E-state index in [1.165, 1.54) is 56.9 Å². The number of aryl methyl sites for hydroxylation is 1. The van der Waals surface area contributed by atoms with Crippen molar-refractivity contribution >= 4 is 11.5 Å². The molecule has 2 heterocycles. The van der Waals surface area contributed by atoms with E-state index in [0.29, 0.717) is 12.5 Å². The molecule has 6 heteroatoms. The molecule has 1 saturated heterocycles. The summed E-state index contributed by atoms with van der Waals surface area (Å²) >= 11 is 0. The number of hydrogen-bond acceptors (Lipinski definition) is 6. The van der Waals surface area contributed by atoms with Crippen molar-refractivity contribution in [3.8, 4) is 0 Å². The summed E-state index contributed by atoms with van der Waals surface area (Å²) in [6.45, 7) is 5.75. The highest BCUT2D eigenvalue weighted by molar-refractivity contribution is 5.95. The van der Waals surface area contributed by atoms with Crippen molar-refractivity contribution in [2.24, 2.45) is 10.9 Å². The van der Waals surface area contributed by atoms with E-state index in [2.05, 4.69) is 58.1 Å². The number of anilines is 1. The Hall–Kier alpha value is -2.05. The van der Waals surface area contributed by atoms with Crippen molar-refractivity contribution in [3.05, 3.63) is 41.7 Å². The quantitative estimate of drug-likeness (QED) is 0.572. The first-order valence-electron chi connectivity index (χ1n) is 12.1. The lowest BCUT2D eigenvalue weighted by Crippen LogP contribution is -2.64. The minimum absolute atomic E-state index is 0.460. The molecule has 0 spiro atoms. The molecular weight excluding hydrogens is 386 g/mol. The fraction of sp³-hybridized carbons (Fsp3) is 0.640. The largest absolute Gasteiger partial charge is 0.383 e. The first-order chi connectivity index (χ1) is 15.2. The Morgan fingerprint density at radius 3 is 2.48 bits per heavy atom. The van der Waals surface area contributed by atoms with Crippen LogP contribution in [-0.4, -0.2) is 49.9 Å². The highest BCUT2D eigenvalue weighted by atomic mass is 16.5. The monoisotopic (exact) mass is 425 g/mol. The summed E-state index contributed by atoms with van der Waals surface area (Å²) in [4.78, 5) is 7.86. The average Bonchev–Trinajstić information content (AvgIpc) is 2.82. The SMILES string of the molecule is COCCNC1(C2CCCCC2)N=C(N2CCCCC2)C=C(Nc2ccc(C)cc2)N1. The van der Waals surface area contributed by atoms with Crippen LogP contribution < -0.4 is 16.0 Å². The fourth-order valence-corrected chi connectivity index (χ4v) is 5.04. The Morgan fingerprint density at radius 1 is 1.06 bits per heavy atom. The number of amidine groups is 1. The summed E-state index contributed by atoms with van der Waals surface area (Å²) in [5.41, 5.74) is 2.36. The second-order valence-corrected chi connectivity index (χ2v) is 9.21. The van der Waals surface area contributed by atoms with E-state index in [4.69, 9.17) is 9.73 Å². The molecule has 1 saturated carbocycles. The van der Waals surface area contributed by atoms with Gasteiger partial charge in [0.1, 0.15) is 11.7 Å². The van der Waals surface area contributed by atoms with Gasteiger partial charge in [-0.1, -0.05) is 37.0 Å². The zero-order chi connectivity index (χ0) is 21.5. The van der Waals surface area contributed by atoms with Gasteiger partial charge in [0, 0.05) is 44.4 Å². The molecule has 0 bridgehead atoms. The van der Waals surface area contributed by atoms with Crippen LogP contribution in [0.5, 0.6) is 0 Å². The molecule has 0 aromatic heterocycles. The van der Waals surface area contributed by atoms with Gasteiger partial charge in [-0.3, -0.25) is 5.32 Å². The lowest BCUT2D eigenvalue weighted by molar-refractivity contribution is 0.117. The van der Waals surface area contributed by atoms with Crippen LogP contribution >= 0.6 is 0 Å². The molecule has 4 rings (SSSR count). The molecule has 6 nitrogen and oxygen atoms in total. The molecule has 2 fully saturated rings. The Kier molecular flexibility index (Phi) is 7.51. The topological polar surface area (TPSA) is 60.9 Å². The van der Waals surface area contributed by atoms with Gasteiger partial charge in [-0.05, 0) is 51.2 Å². The molecule has 1 aromatic carbocycles. The Bertz CT molecular complexity index is 763. The Morgan fingerprint density at radius 2 is 1.77 bits per heavy atom. The van der Waals surface area contributed by atoms with Crippen LogP contribution in [0.2, 0.25) is 0 Å². The van der Waals surface area contributed by atoms with Crippen LogP contribution in [0.25, 0.3) is 0 Å². The molecule has 1 atom stereocenters. The molecule has 1 aliphatic carbocycles. The van der Waals surface area contributed by atoms with Crippen molar-refractivity contribution in [1.82, 2.24) is 15.5 Å². The van der Waals surface area contributed by atoms with E-state index in [9.17, 15) is 0 Å². The van der Waals surface area contributed by atoms with Crippen molar-refractivity contribution in [2.75, 3.05) is 38.7 Å². The maximum absolute atomic E-state index is 5.39. The minimum Gasteiger partial charge on any atom is -0.383 e. The molecule has 2 aliphatic heterocycles. The van der Waals surface area contributed by atoms with Gasteiger partial charge >= 0.3 is 0 Å². The molecule has 31 heavy (non-hydrogen) atoms. The molecule has 3 N–H and O–H groups in total. The summed E-state index contributed by atoms with van der Waals surface area (Å²) in [6, 6.07) is 8.59. The van der Waals surface area contributed by atoms with Gasteiger partial charge in [-0.25, -0.2) is 4.99 Å². The van der Waals surface area contributed by atoms with Crippen LogP contribution in [0.3, 0.4) is 0 Å². The average molecular weight is 426 g/mol. The Balaban J connectivity index is 1.65. The number of ether oxygens (including phenoxy) is 1. The number of hydrogen-bond donors (Lipinski definition) is 3. The number of nitrogens with one attached hydrogen (secondary N) is 3. The summed E-state index contributed by atoms with van der Waals surface area (Å²) in [7, 11) is 1.76. The van der Waals surface area contributed by atoms with E-state index in [0.717, 1.165) is 37.0 Å². The van der Waals surface area contributed by atoms with Crippen molar-refractivity contribution in [2.45, 2.75) is 64.1 Å². The van der Waals surface area contributed by atoms with Crippen LogP contribution in [0.15, 0.2) is 41.2 Å². The second kappa shape index (κ2) is 10.5. The highest BCUT2D eigenvalue weighted by Crippen LogP contribution is 2.35. The summed E-state index contributed by atoms with van der Waals surface area (Å²) in [6.07, 6.45) is 12.3. The summed E-state index contributed by atoms with van der Waals surface area (Å²) in [5, 5.41) is 11.2. The third-order valence-electron chi connectivity index (χ3n) is 6.80. The standard InChI is InChI=1S/C25H39N5O/c1-20-11-13-22(14-12-20)27-23-19-24(30-16-7-4-8-17-30)29-25(28-23,26-15-18-31-2)21-9-5-3-6-10-21/h11-14,19,21,26-28H,3-10,15-18H2,1-2H3. The van der Waals surface area contributed by atoms with E-state index >= 15 is 0 Å². The number of methoxy groups -OCH3 is 1. The van der Waals surface area contributed by atoms with Crippen molar-refractivity contribution in [1.29, 1.82) is 0 Å². The second-order valence-electron chi connectivity index (χ2n) is 9.21. The number of rotatable bonds is 7. The van der Waals surface area contributed by atoms with E-state index < -0.39 is 5.79 Å². The van der Waals surface area contributed by atoms with Gasteiger partial charge in [0.05, 0.1) is 6.61 Å².